The van der Waals surface area contributed by atoms with E-state index in [1.165, 1.54) is 110 Å². The third-order valence-electron chi connectivity index (χ3n) is 17.0. The molecule has 11 rings (SSSR count). The van der Waals surface area contributed by atoms with Gasteiger partial charge in [0.05, 0.1) is 0 Å². The average molecular weight is 1110 g/mol. The second-order valence-electron chi connectivity index (χ2n) is 23.6. The third-order valence-corrected chi connectivity index (χ3v) is 21.3. The number of carbonyl (C=O) groups is 2. The first-order valence-electron chi connectivity index (χ1n) is 29.1. The molecule has 0 aromatic heterocycles. The van der Waals surface area contributed by atoms with E-state index in [9.17, 15) is 0 Å². The van der Waals surface area contributed by atoms with Crippen LogP contribution in [0, 0.1) is 18.8 Å². The van der Waals surface area contributed by atoms with E-state index >= 15 is 9.59 Å². The van der Waals surface area contributed by atoms with Gasteiger partial charge in [-0.3, -0.25) is 9.59 Å². The van der Waals surface area contributed by atoms with Crippen molar-refractivity contribution in [3.05, 3.63) is 214 Å². The lowest BCUT2D eigenvalue weighted by Crippen LogP contribution is -2.24. The van der Waals surface area contributed by atoms with Crippen LogP contribution in [0.2, 0.25) is 0 Å². The molecule has 6 heteroatoms. The van der Waals surface area contributed by atoms with Crippen molar-refractivity contribution in [3.8, 4) is 22.3 Å². The van der Waals surface area contributed by atoms with E-state index < -0.39 is 0 Å². The van der Waals surface area contributed by atoms with Crippen LogP contribution in [-0.4, -0.2) is 11.6 Å². The first kappa shape index (κ1) is 55.4. The molecular weight excluding hydrogens is 1040 g/mol. The van der Waals surface area contributed by atoms with E-state index in [-0.39, 0.29) is 17.0 Å². The predicted octanol–water partition coefficient (Wildman–Crippen LogP) is 22.2. The molecule has 2 fully saturated rings. The molecule has 79 heavy (non-hydrogen) atoms. The predicted molar refractivity (Wildman–Crippen MR) is 336 cm³/mol. The quantitative estimate of drug-likeness (QED) is 0.0959. The van der Waals surface area contributed by atoms with Crippen molar-refractivity contribution >= 4 is 58.6 Å². The summed E-state index contributed by atoms with van der Waals surface area (Å²) in [5.74, 6) is 2.89. The number of carbonyl (C=O) groups excluding carboxylic acids is 2. The van der Waals surface area contributed by atoms with Crippen molar-refractivity contribution in [2.24, 2.45) is 11.8 Å². The summed E-state index contributed by atoms with van der Waals surface area (Å²) in [6.45, 7) is 13.4. The fourth-order valence-corrected chi connectivity index (χ4v) is 16.3. The zero-order valence-electron chi connectivity index (χ0n) is 46.9. The van der Waals surface area contributed by atoms with Gasteiger partial charge in [-0.25, -0.2) is 0 Å². The molecule has 0 unspecified atom stereocenters. The molecule has 0 spiro atoms. The maximum Gasteiger partial charge on any atom is 0.196 e. The Bertz CT molecular complexity index is 3410. The number of hydrogen-bond acceptors (Lipinski definition) is 6. The number of fused-ring (bicyclic) bond motifs is 2. The van der Waals surface area contributed by atoms with Crippen molar-refractivity contribution in [1.82, 2.24) is 0 Å². The molecule has 0 bridgehead atoms. The summed E-state index contributed by atoms with van der Waals surface area (Å²) in [6, 6.07) is 61.2. The Balaban J connectivity index is 0.912. The van der Waals surface area contributed by atoms with E-state index in [1.54, 1.807) is 47.0 Å². The second-order valence-corrected chi connectivity index (χ2v) is 28.0. The minimum absolute atomic E-state index is 0.00394. The molecule has 0 saturated heterocycles. The van der Waals surface area contributed by atoms with Crippen LogP contribution in [0.25, 0.3) is 22.3 Å². The van der Waals surface area contributed by atoms with Gasteiger partial charge in [-0.05, 0) is 199 Å². The van der Waals surface area contributed by atoms with Crippen molar-refractivity contribution < 1.29 is 9.59 Å². The highest BCUT2D eigenvalue weighted by atomic mass is 32.2. The normalized spacial score (nSPS) is 18.3. The maximum atomic E-state index is 15.9. The molecule has 8 aromatic carbocycles. The van der Waals surface area contributed by atoms with Crippen molar-refractivity contribution in [2.75, 3.05) is 0 Å². The standard InChI is InChI=1S/C73H74O2S4/c1-7-9-48-13-17-50(18-14-48)52-21-25-54(26-22-52)56-29-37-60(38-30-56)77-64-44-43-63(76-59-35-11-47(3)12-36-59)67-68(64)72(75)70-66(79-62-41-33-58(34-42-62)73(4,5)6)46-45-65(69(70)71(67)74)78-61-39-31-57(32-40-61)55-27-23-53(24-28-55)51-19-15-49(10-8-2)16-20-51/h11-12,21-46,48-51H,7-10,13-20H2,1-6H3. The SMILES string of the molecule is CCCC1CCC(c2ccc(-c3ccc(Sc4ccc(Sc5ccc(C)cc5)c5c4C(=O)c4c(Sc6ccc(C(C)(C)C)cc6)ccc(Sc6ccc(-c7ccc(C8CCC(CCC)CC8)cc7)cc6)c4C5=O)cc3)cc2)CC1. The van der Waals surface area contributed by atoms with E-state index in [2.05, 4.69) is 211 Å². The van der Waals surface area contributed by atoms with Crippen LogP contribution in [0.5, 0.6) is 0 Å². The molecule has 0 heterocycles. The maximum absolute atomic E-state index is 15.9. The summed E-state index contributed by atoms with van der Waals surface area (Å²) in [5.41, 5.74) is 12.0. The molecule has 0 N–H and O–H groups in total. The Kier molecular flexibility index (Phi) is 17.3. The highest BCUT2D eigenvalue weighted by Crippen LogP contribution is 2.49. The van der Waals surface area contributed by atoms with Crippen LogP contribution >= 0.6 is 47.0 Å². The molecule has 2 saturated carbocycles. The number of aryl methyl sites for hydroxylation is 1. The second kappa shape index (κ2) is 24.7. The summed E-state index contributed by atoms with van der Waals surface area (Å²) in [5, 5.41) is 0. The summed E-state index contributed by atoms with van der Waals surface area (Å²) in [6.07, 6.45) is 15.9. The lowest BCUT2D eigenvalue weighted by atomic mass is 9.77. The van der Waals surface area contributed by atoms with Gasteiger partial charge in [-0.15, -0.1) is 0 Å². The Morgan fingerprint density at radius 1 is 0.367 bits per heavy atom. The van der Waals surface area contributed by atoms with Gasteiger partial charge in [-0.2, -0.15) is 0 Å². The molecule has 0 atom stereocenters. The highest BCUT2D eigenvalue weighted by molar-refractivity contribution is 8.00. The molecule has 0 aliphatic heterocycles. The average Bonchev–Trinajstić information content (AvgIpc) is 3.61. The zero-order valence-corrected chi connectivity index (χ0v) is 50.2. The molecule has 0 radical (unpaired) electrons. The molecule has 402 valence electrons. The third kappa shape index (κ3) is 12.7. The fourth-order valence-electron chi connectivity index (χ4n) is 12.5. The van der Waals surface area contributed by atoms with Gasteiger partial charge in [0.25, 0.3) is 0 Å². The van der Waals surface area contributed by atoms with Crippen LogP contribution in [0.3, 0.4) is 0 Å². The molecule has 8 aromatic rings. The molecule has 3 aliphatic carbocycles. The number of ketones is 2. The molecular formula is C73H74O2S4. The summed E-state index contributed by atoms with van der Waals surface area (Å²) < 4.78 is 0. The minimum Gasteiger partial charge on any atom is -0.288 e. The summed E-state index contributed by atoms with van der Waals surface area (Å²) >= 11 is 6.24. The van der Waals surface area contributed by atoms with Gasteiger partial charge in [0.1, 0.15) is 0 Å². The lowest BCUT2D eigenvalue weighted by Gasteiger charge is -2.28. The highest BCUT2D eigenvalue weighted by Gasteiger charge is 2.38. The van der Waals surface area contributed by atoms with Crippen molar-refractivity contribution in [1.29, 1.82) is 0 Å². The Morgan fingerprint density at radius 3 is 0.937 bits per heavy atom. The van der Waals surface area contributed by atoms with E-state index in [1.807, 2.05) is 0 Å². The Hall–Kier alpha value is -5.50. The van der Waals surface area contributed by atoms with Crippen LogP contribution in [-0.2, 0) is 5.41 Å². The van der Waals surface area contributed by atoms with Crippen molar-refractivity contribution in [2.45, 2.75) is 175 Å². The summed E-state index contributed by atoms with van der Waals surface area (Å²) in [4.78, 5) is 39.0. The Morgan fingerprint density at radius 2 is 0.646 bits per heavy atom. The van der Waals surface area contributed by atoms with Gasteiger partial charge >= 0.3 is 0 Å². The topological polar surface area (TPSA) is 34.1 Å². The molecule has 0 amide bonds. The zero-order chi connectivity index (χ0) is 54.6. The van der Waals surface area contributed by atoms with Gasteiger partial charge in [0.15, 0.2) is 11.6 Å². The van der Waals surface area contributed by atoms with E-state index in [4.69, 9.17) is 0 Å². The smallest absolute Gasteiger partial charge is 0.196 e. The first-order valence-corrected chi connectivity index (χ1v) is 32.4. The van der Waals surface area contributed by atoms with Gasteiger partial charge in [-0.1, -0.05) is 210 Å². The first-order chi connectivity index (χ1) is 38.4. The van der Waals surface area contributed by atoms with E-state index in [0.29, 0.717) is 34.1 Å². The summed E-state index contributed by atoms with van der Waals surface area (Å²) in [7, 11) is 0. The lowest BCUT2D eigenvalue weighted by molar-refractivity contribution is 0.0970. The Labute approximate surface area is 488 Å². The number of hydrogen-bond donors (Lipinski definition) is 0. The van der Waals surface area contributed by atoms with Gasteiger partial charge < -0.3 is 0 Å². The van der Waals surface area contributed by atoms with Crippen LogP contribution in [0.4, 0.5) is 0 Å². The van der Waals surface area contributed by atoms with Gasteiger partial charge in [0.2, 0.25) is 0 Å². The largest absolute Gasteiger partial charge is 0.288 e. The minimum atomic E-state index is -0.113. The fraction of sp³-hybridized carbons (Fsp3) is 0.315. The van der Waals surface area contributed by atoms with Gasteiger partial charge in [0, 0.05) is 61.4 Å². The van der Waals surface area contributed by atoms with E-state index in [0.717, 1.165) is 62.1 Å². The van der Waals surface area contributed by atoms with Crippen LogP contribution < -0.4 is 0 Å². The number of rotatable bonds is 16. The monoisotopic (exact) mass is 1110 g/mol. The van der Waals surface area contributed by atoms with Crippen LogP contribution in [0.1, 0.15) is 178 Å². The molecule has 2 nitrogen and oxygen atoms in total. The number of benzene rings is 8. The van der Waals surface area contributed by atoms with Crippen LogP contribution in [0.15, 0.2) is 209 Å². The van der Waals surface area contributed by atoms with Crippen molar-refractivity contribution in [3.63, 3.8) is 0 Å². The molecule has 3 aliphatic rings.